The van der Waals surface area contributed by atoms with E-state index in [2.05, 4.69) is 143 Å². The van der Waals surface area contributed by atoms with Crippen molar-refractivity contribution >= 4 is 43.6 Å². The summed E-state index contributed by atoms with van der Waals surface area (Å²) in [6, 6.07) is 59.2. The van der Waals surface area contributed by atoms with Gasteiger partial charge >= 0.3 is 0 Å². The summed E-state index contributed by atoms with van der Waals surface area (Å²) < 4.78 is 2.35. The number of para-hydroxylation sites is 3. The number of H-pyrrole nitrogens is 1. The average molecular weight is 640 g/mol. The van der Waals surface area contributed by atoms with E-state index in [1.165, 1.54) is 16.3 Å². The lowest BCUT2D eigenvalue weighted by Gasteiger charge is -2.14. The van der Waals surface area contributed by atoms with Crippen LogP contribution in [0.5, 0.6) is 0 Å². The van der Waals surface area contributed by atoms with Gasteiger partial charge in [-0.3, -0.25) is 0 Å². The molecule has 0 unspecified atom stereocenters. The standard InChI is InChI=1S/C45H29N5/c1-4-14-29(15-5-1)43-47-44(30-16-6-2-7-17-30)49-45(48-43)42-33(25-26-38-41(42)35-21-10-12-22-37(35)46-38)31-24-27-40-36(28-31)34-20-11-13-23-39(34)50(40)32-18-8-3-9-19-32/h1-28,46H. The molecular weight excluding hydrogens is 611 g/mol. The second-order valence-corrected chi connectivity index (χ2v) is 12.5. The van der Waals surface area contributed by atoms with Crippen LogP contribution in [-0.2, 0) is 0 Å². The normalized spacial score (nSPS) is 11.6. The minimum absolute atomic E-state index is 0.634. The van der Waals surface area contributed by atoms with Crippen LogP contribution in [0.3, 0.4) is 0 Å². The Hall–Kier alpha value is -6.85. The Bertz CT molecular complexity index is 2800. The second-order valence-electron chi connectivity index (χ2n) is 12.5. The number of hydrogen-bond acceptors (Lipinski definition) is 3. The maximum atomic E-state index is 5.24. The van der Waals surface area contributed by atoms with Crippen molar-refractivity contribution in [1.29, 1.82) is 0 Å². The van der Waals surface area contributed by atoms with Gasteiger partial charge in [-0.05, 0) is 53.6 Å². The van der Waals surface area contributed by atoms with Crippen LogP contribution in [0.1, 0.15) is 0 Å². The highest BCUT2D eigenvalue weighted by atomic mass is 15.0. The van der Waals surface area contributed by atoms with E-state index in [1.807, 2.05) is 36.4 Å². The maximum absolute atomic E-state index is 5.24. The van der Waals surface area contributed by atoms with Crippen molar-refractivity contribution in [3.05, 3.63) is 170 Å². The summed E-state index contributed by atoms with van der Waals surface area (Å²) in [6.07, 6.45) is 0. The summed E-state index contributed by atoms with van der Waals surface area (Å²) in [6.45, 7) is 0. The quantitative estimate of drug-likeness (QED) is 0.204. The summed E-state index contributed by atoms with van der Waals surface area (Å²) in [5.41, 5.74) is 10.6. The Morgan fingerprint density at radius 3 is 1.70 bits per heavy atom. The van der Waals surface area contributed by atoms with Crippen molar-refractivity contribution in [1.82, 2.24) is 24.5 Å². The molecule has 50 heavy (non-hydrogen) atoms. The molecule has 10 rings (SSSR count). The molecule has 0 radical (unpaired) electrons. The van der Waals surface area contributed by atoms with Gasteiger partial charge in [0.1, 0.15) is 0 Å². The van der Waals surface area contributed by atoms with Gasteiger partial charge in [-0.2, -0.15) is 0 Å². The minimum Gasteiger partial charge on any atom is -0.354 e. The number of nitrogens with one attached hydrogen (secondary N) is 1. The van der Waals surface area contributed by atoms with E-state index in [0.29, 0.717) is 17.5 Å². The molecule has 0 saturated heterocycles. The minimum atomic E-state index is 0.634. The number of nitrogens with zero attached hydrogens (tertiary/aromatic N) is 4. The summed E-state index contributed by atoms with van der Waals surface area (Å²) in [5, 5.41) is 4.62. The van der Waals surface area contributed by atoms with E-state index >= 15 is 0 Å². The molecule has 5 nitrogen and oxygen atoms in total. The number of fused-ring (bicyclic) bond motifs is 6. The fraction of sp³-hybridized carbons (Fsp3) is 0. The molecule has 1 N–H and O–H groups in total. The molecule has 0 amide bonds. The van der Waals surface area contributed by atoms with Crippen LogP contribution >= 0.6 is 0 Å². The number of aromatic amines is 1. The third kappa shape index (κ3) is 4.52. The molecule has 0 spiro atoms. The summed E-state index contributed by atoms with van der Waals surface area (Å²) in [7, 11) is 0. The molecule has 0 saturated carbocycles. The van der Waals surface area contributed by atoms with E-state index in [0.717, 1.165) is 60.8 Å². The predicted octanol–water partition coefficient (Wildman–Crippen LogP) is 11.3. The van der Waals surface area contributed by atoms with E-state index < -0.39 is 0 Å². The molecule has 3 aromatic heterocycles. The zero-order valence-corrected chi connectivity index (χ0v) is 27.0. The summed E-state index contributed by atoms with van der Waals surface area (Å²) >= 11 is 0. The van der Waals surface area contributed by atoms with Crippen molar-refractivity contribution in [3.8, 4) is 51.0 Å². The van der Waals surface area contributed by atoms with Gasteiger partial charge in [0.05, 0.1) is 11.0 Å². The van der Waals surface area contributed by atoms with Gasteiger partial charge in [-0.1, -0.05) is 127 Å². The van der Waals surface area contributed by atoms with E-state index in [1.54, 1.807) is 0 Å². The summed E-state index contributed by atoms with van der Waals surface area (Å²) in [4.78, 5) is 19.1. The molecule has 10 aromatic rings. The largest absolute Gasteiger partial charge is 0.354 e. The highest BCUT2D eigenvalue weighted by Crippen LogP contribution is 2.43. The zero-order valence-electron chi connectivity index (χ0n) is 27.0. The molecule has 0 fully saturated rings. The van der Waals surface area contributed by atoms with Crippen molar-refractivity contribution in [2.45, 2.75) is 0 Å². The third-order valence-corrected chi connectivity index (χ3v) is 9.59. The van der Waals surface area contributed by atoms with Crippen LogP contribution in [0.4, 0.5) is 0 Å². The van der Waals surface area contributed by atoms with Gasteiger partial charge in [0.15, 0.2) is 17.5 Å². The van der Waals surface area contributed by atoms with Crippen molar-refractivity contribution in [3.63, 3.8) is 0 Å². The molecule has 7 aromatic carbocycles. The number of benzene rings is 7. The SMILES string of the molecule is c1ccc(-c2nc(-c3ccccc3)nc(-c3c(-c4ccc5c(c4)c4ccccc4n5-c4ccccc4)ccc4[nH]c5ccccc5c34)n2)cc1. The monoisotopic (exact) mass is 639 g/mol. The highest BCUT2D eigenvalue weighted by molar-refractivity contribution is 6.17. The van der Waals surface area contributed by atoms with Crippen LogP contribution in [0.15, 0.2) is 170 Å². The molecular formula is C45H29N5. The Labute approximate surface area is 288 Å². The molecule has 0 aliphatic carbocycles. The number of rotatable bonds is 5. The van der Waals surface area contributed by atoms with Gasteiger partial charge in [0.25, 0.3) is 0 Å². The average Bonchev–Trinajstić information content (AvgIpc) is 3.74. The van der Waals surface area contributed by atoms with Crippen LogP contribution in [0.2, 0.25) is 0 Å². The van der Waals surface area contributed by atoms with Gasteiger partial charge < -0.3 is 9.55 Å². The number of hydrogen-bond donors (Lipinski definition) is 1. The molecule has 0 atom stereocenters. The molecule has 0 aliphatic heterocycles. The fourth-order valence-electron chi connectivity index (χ4n) is 7.33. The summed E-state index contributed by atoms with van der Waals surface area (Å²) in [5.74, 6) is 1.91. The van der Waals surface area contributed by atoms with Gasteiger partial charge in [-0.25, -0.2) is 15.0 Å². The highest BCUT2D eigenvalue weighted by Gasteiger charge is 2.22. The van der Waals surface area contributed by atoms with E-state index in [9.17, 15) is 0 Å². The van der Waals surface area contributed by atoms with E-state index in [4.69, 9.17) is 15.0 Å². The third-order valence-electron chi connectivity index (χ3n) is 9.59. The first-order chi connectivity index (χ1) is 24.8. The van der Waals surface area contributed by atoms with Crippen LogP contribution < -0.4 is 0 Å². The lowest BCUT2D eigenvalue weighted by molar-refractivity contribution is 1.08. The zero-order chi connectivity index (χ0) is 33.0. The first-order valence-electron chi connectivity index (χ1n) is 16.8. The first-order valence-corrected chi connectivity index (χ1v) is 16.8. The van der Waals surface area contributed by atoms with Gasteiger partial charge in [0, 0.05) is 55.0 Å². The van der Waals surface area contributed by atoms with Crippen LogP contribution in [0.25, 0.3) is 94.6 Å². The fourth-order valence-corrected chi connectivity index (χ4v) is 7.33. The second kappa shape index (κ2) is 11.4. The number of aromatic nitrogens is 5. The van der Waals surface area contributed by atoms with Crippen molar-refractivity contribution < 1.29 is 0 Å². The lowest BCUT2D eigenvalue weighted by atomic mass is 9.93. The molecule has 5 heteroatoms. The molecule has 3 heterocycles. The maximum Gasteiger partial charge on any atom is 0.165 e. The van der Waals surface area contributed by atoms with Crippen LogP contribution in [-0.4, -0.2) is 24.5 Å². The predicted molar refractivity (Wildman–Crippen MR) is 205 cm³/mol. The van der Waals surface area contributed by atoms with Crippen LogP contribution in [0, 0.1) is 0 Å². The van der Waals surface area contributed by atoms with Crippen molar-refractivity contribution in [2.75, 3.05) is 0 Å². The molecule has 0 bridgehead atoms. The molecule has 234 valence electrons. The lowest BCUT2D eigenvalue weighted by Crippen LogP contribution is -2.01. The van der Waals surface area contributed by atoms with E-state index in [-0.39, 0.29) is 0 Å². The first kappa shape index (κ1) is 28.2. The smallest absolute Gasteiger partial charge is 0.165 e. The molecule has 0 aliphatic rings. The Kier molecular flexibility index (Phi) is 6.42. The van der Waals surface area contributed by atoms with Gasteiger partial charge in [-0.15, -0.1) is 0 Å². The topological polar surface area (TPSA) is 59.4 Å². The Morgan fingerprint density at radius 1 is 0.400 bits per heavy atom. The Balaban J connectivity index is 1.29. The van der Waals surface area contributed by atoms with Gasteiger partial charge in [0.2, 0.25) is 0 Å². The van der Waals surface area contributed by atoms with Crippen molar-refractivity contribution in [2.24, 2.45) is 0 Å². The Morgan fingerprint density at radius 2 is 0.980 bits per heavy atom.